The molecule has 57 heavy (non-hydrogen) atoms. The van der Waals surface area contributed by atoms with Gasteiger partial charge in [0.15, 0.2) is 0 Å². The number of nitrogens with one attached hydrogen (secondary N) is 1. The van der Waals surface area contributed by atoms with Crippen LogP contribution in [0.15, 0.2) is 85.1 Å². The Morgan fingerprint density at radius 2 is 0.947 bits per heavy atom. The second-order valence-electron chi connectivity index (χ2n) is 15.4. The third-order valence-electron chi connectivity index (χ3n) is 9.96. The number of esters is 1. The van der Waals surface area contributed by atoms with Gasteiger partial charge in [-0.25, -0.2) is 0 Å². The van der Waals surface area contributed by atoms with Crippen molar-refractivity contribution in [1.82, 2.24) is 5.32 Å². The molecule has 0 aliphatic rings. The van der Waals surface area contributed by atoms with Crippen LogP contribution in [0.25, 0.3) is 0 Å². The van der Waals surface area contributed by atoms with Gasteiger partial charge in [-0.2, -0.15) is 0 Å². The van der Waals surface area contributed by atoms with Crippen molar-refractivity contribution >= 4 is 11.9 Å². The third-order valence-corrected chi connectivity index (χ3v) is 9.96. The highest BCUT2D eigenvalue weighted by Gasteiger charge is 2.24. The van der Waals surface area contributed by atoms with E-state index in [9.17, 15) is 19.8 Å². The molecule has 6 nitrogen and oxygen atoms in total. The summed E-state index contributed by atoms with van der Waals surface area (Å²) in [6, 6.07) is -0.727. The molecule has 3 unspecified atom stereocenters. The van der Waals surface area contributed by atoms with Gasteiger partial charge in [-0.15, -0.1) is 0 Å². The molecule has 0 aliphatic heterocycles. The van der Waals surface area contributed by atoms with Crippen LogP contribution < -0.4 is 5.32 Å². The van der Waals surface area contributed by atoms with E-state index in [4.69, 9.17) is 4.74 Å². The zero-order valence-electron chi connectivity index (χ0n) is 36.9. The van der Waals surface area contributed by atoms with Crippen LogP contribution in [-0.2, 0) is 14.3 Å². The number of carbonyl (C=O) groups excluding carboxylic acids is 2. The molecular formula is C51H87NO5. The van der Waals surface area contributed by atoms with Crippen LogP contribution in [0.5, 0.6) is 0 Å². The van der Waals surface area contributed by atoms with Gasteiger partial charge in [0.2, 0.25) is 5.91 Å². The van der Waals surface area contributed by atoms with Crippen molar-refractivity contribution in [2.45, 2.75) is 219 Å². The van der Waals surface area contributed by atoms with Crippen molar-refractivity contribution in [3.8, 4) is 0 Å². The van der Waals surface area contributed by atoms with Crippen molar-refractivity contribution < 1.29 is 24.5 Å². The molecule has 0 aliphatic carbocycles. The smallest absolute Gasteiger partial charge is 0.306 e. The molecule has 0 heterocycles. The molecule has 0 aromatic carbocycles. The van der Waals surface area contributed by atoms with E-state index in [1.54, 1.807) is 0 Å². The Kier molecular flexibility index (Phi) is 41.9. The number of aliphatic hydroxyl groups is 2. The fraction of sp³-hybridized carbons (Fsp3) is 0.686. The Morgan fingerprint density at radius 1 is 0.526 bits per heavy atom. The summed E-state index contributed by atoms with van der Waals surface area (Å²) in [6.07, 6.45) is 56.5. The third kappa shape index (κ3) is 39.6. The molecule has 0 aromatic rings. The summed E-state index contributed by atoms with van der Waals surface area (Å²) in [7, 11) is 0. The summed E-state index contributed by atoms with van der Waals surface area (Å²) >= 11 is 0. The molecule has 0 aromatic heterocycles. The Hall–Kier alpha value is -2.96. The zero-order valence-corrected chi connectivity index (χ0v) is 36.9. The molecule has 0 radical (unpaired) electrons. The lowest BCUT2D eigenvalue weighted by Crippen LogP contribution is -2.46. The number of allylic oxidation sites excluding steroid dienone is 14. The molecule has 3 atom stereocenters. The van der Waals surface area contributed by atoms with Gasteiger partial charge in [0.05, 0.1) is 25.2 Å². The van der Waals surface area contributed by atoms with Gasteiger partial charge in [-0.3, -0.25) is 9.59 Å². The second kappa shape index (κ2) is 44.1. The first-order valence-corrected chi connectivity index (χ1v) is 23.3. The predicted octanol–water partition coefficient (Wildman–Crippen LogP) is 13.6. The molecule has 0 saturated carbocycles. The van der Waals surface area contributed by atoms with E-state index in [1.807, 2.05) is 0 Å². The predicted molar refractivity (Wildman–Crippen MR) is 245 cm³/mol. The number of hydrogen-bond acceptors (Lipinski definition) is 5. The molecule has 3 N–H and O–H groups in total. The van der Waals surface area contributed by atoms with Gasteiger partial charge in [0, 0.05) is 6.42 Å². The van der Waals surface area contributed by atoms with Gasteiger partial charge >= 0.3 is 5.97 Å². The number of hydrogen-bond donors (Lipinski definition) is 3. The Balaban J connectivity index is 4.74. The van der Waals surface area contributed by atoms with Crippen LogP contribution in [0.4, 0.5) is 0 Å². The summed E-state index contributed by atoms with van der Waals surface area (Å²) in [5.41, 5.74) is 0. The van der Waals surface area contributed by atoms with Gasteiger partial charge in [0.1, 0.15) is 6.10 Å². The van der Waals surface area contributed by atoms with Crippen molar-refractivity contribution in [2.75, 3.05) is 6.61 Å². The summed E-state index contributed by atoms with van der Waals surface area (Å²) in [5, 5.41) is 23.6. The lowest BCUT2D eigenvalue weighted by molar-refractivity contribution is -0.151. The molecule has 1 amide bonds. The number of unbranched alkanes of at least 4 members (excludes halogenated alkanes) is 14. The molecule has 6 heteroatoms. The SMILES string of the molecule is CC/C=C/C/C=C/C/C=C/CCCCC(CC(=O)NC(CO)C(O)CCCCCCCCCCC)OC(=O)CCC/C=C\C/C=C\C/C=C\C/C=C\CCCCC. The quantitative estimate of drug-likeness (QED) is 0.0326. The molecule has 0 spiro atoms. The first kappa shape index (κ1) is 54.0. The van der Waals surface area contributed by atoms with Crippen LogP contribution in [0.2, 0.25) is 0 Å². The minimum Gasteiger partial charge on any atom is -0.462 e. The number of amides is 1. The number of rotatable bonds is 40. The van der Waals surface area contributed by atoms with E-state index in [0.717, 1.165) is 83.5 Å². The molecule has 326 valence electrons. The first-order valence-electron chi connectivity index (χ1n) is 23.3. The zero-order chi connectivity index (χ0) is 41.7. The van der Waals surface area contributed by atoms with Gasteiger partial charge in [-0.1, -0.05) is 176 Å². The Morgan fingerprint density at radius 3 is 1.46 bits per heavy atom. The number of ether oxygens (including phenoxy) is 1. The maximum atomic E-state index is 13.1. The normalized spacial score (nSPS) is 14.1. The Bertz CT molecular complexity index is 1120. The van der Waals surface area contributed by atoms with Gasteiger partial charge in [0.25, 0.3) is 0 Å². The van der Waals surface area contributed by atoms with Crippen LogP contribution in [0.3, 0.4) is 0 Å². The first-order chi connectivity index (χ1) is 28.0. The minimum absolute atomic E-state index is 0.0251. The molecule has 0 saturated heterocycles. The van der Waals surface area contributed by atoms with Crippen LogP contribution >= 0.6 is 0 Å². The topological polar surface area (TPSA) is 95.9 Å². The van der Waals surface area contributed by atoms with Crippen molar-refractivity contribution in [1.29, 1.82) is 0 Å². The van der Waals surface area contributed by atoms with E-state index >= 15 is 0 Å². The molecule has 0 bridgehead atoms. The van der Waals surface area contributed by atoms with E-state index in [1.165, 1.54) is 64.2 Å². The fourth-order valence-corrected chi connectivity index (χ4v) is 6.43. The number of carbonyl (C=O) groups is 2. The highest BCUT2D eigenvalue weighted by Crippen LogP contribution is 2.16. The molecule has 0 rings (SSSR count). The monoisotopic (exact) mass is 794 g/mol. The van der Waals surface area contributed by atoms with Crippen LogP contribution in [0, 0.1) is 0 Å². The fourth-order valence-electron chi connectivity index (χ4n) is 6.43. The van der Waals surface area contributed by atoms with Gasteiger partial charge in [-0.05, 0) is 96.3 Å². The summed E-state index contributed by atoms with van der Waals surface area (Å²) in [6.45, 7) is 6.27. The van der Waals surface area contributed by atoms with E-state index in [0.29, 0.717) is 25.7 Å². The molecule has 0 fully saturated rings. The van der Waals surface area contributed by atoms with Gasteiger partial charge < -0.3 is 20.3 Å². The maximum Gasteiger partial charge on any atom is 0.306 e. The lowest BCUT2D eigenvalue weighted by atomic mass is 10.0. The maximum absolute atomic E-state index is 13.1. The van der Waals surface area contributed by atoms with Crippen molar-refractivity contribution in [3.63, 3.8) is 0 Å². The summed E-state index contributed by atoms with van der Waals surface area (Å²) in [4.78, 5) is 26.0. The standard InChI is InChI=1S/C51H87NO5/c1-4-7-10-13-16-19-21-23-24-25-26-27-29-32-35-38-41-44-51(56)57-47(42-39-36-33-31-28-22-20-17-14-11-8-5-2)45-50(55)52-48(46-53)49(54)43-40-37-34-30-18-15-12-9-6-3/h8,11,16-17,19-20,23-24,26-28,31-32,35,47-49,53-54H,4-7,9-10,12-15,18,21-22,25,29-30,33-34,36-46H2,1-3H3,(H,52,55)/b11-8+,19-16-,20-17+,24-23-,27-26-,31-28+,35-32-. The minimum atomic E-state index is -0.809. The average Bonchev–Trinajstić information content (AvgIpc) is 3.20. The highest BCUT2D eigenvalue weighted by atomic mass is 16.5. The summed E-state index contributed by atoms with van der Waals surface area (Å²) in [5.74, 6) is -0.590. The van der Waals surface area contributed by atoms with E-state index < -0.39 is 18.2 Å². The lowest BCUT2D eigenvalue weighted by Gasteiger charge is -2.24. The van der Waals surface area contributed by atoms with E-state index in [-0.39, 0.29) is 24.9 Å². The van der Waals surface area contributed by atoms with E-state index in [2.05, 4.69) is 111 Å². The molecular weight excluding hydrogens is 707 g/mol. The largest absolute Gasteiger partial charge is 0.462 e. The average molecular weight is 794 g/mol. The Labute approximate surface area is 351 Å². The van der Waals surface area contributed by atoms with Crippen molar-refractivity contribution in [2.24, 2.45) is 0 Å². The van der Waals surface area contributed by atoms with Crippen LogP contribution in [-0.4, -0.2) is 46.9 Å². The summed E-state index contributed by atoms with van der Waals surface area (Å²) < 4.78 is 5.86. The van der Waals surface area contributed by atoms with Crippen molar-refractivity contribution in [3.05, 3.63) is 85.1 Å². The second-order valence-corrected chi connectivity index (χ2v) is 15.4. The van der Waals surface area contributed by atoms with Crippen LogP contribution in [0.1, 0.15) is 201 Å². The number of aliphatic hydroxyl groups excluding tert-OH is 2. The highest BCUT2D eigenvalue weighted by molar-refractivity contribution is 5.77.